The molecule has 2 rings (SSSR count). The van der Waals surface area contributed by atoms with Crippen molar-refractivity contribution >= 4 is 38.3 Å². The Bertz CT molecular complexity index is 530. The first-order chi connectivity index (χ1) is 9.15. The van der Waals surface area contributed by atoms with Crippen LogP contribution >= 0.6 is 22.9 Å². The van der Waals surface area contributed by atoms with Crippen LogP contribution in [-0.4, -0.2) is 50.3 Å². The number of aromatic nitrogens is 1. The summed E-state index contributed by atoms with van der Waals surface area (Å²) in [6, 6.07) is 5.76. The number of likely N-dealkylation sites (N-methyl/N-ethyl adjacent to an activating group) is 1. The lowest BCUT2D eigenvalue weighted by Crippen LogP contribution is -2.19. The van der Waals surface area contributed by atoms with Crippen molar-refractivity contribution in [3.05, 3.63) is 23.2 Å². The number of nitrogens with zero attached hydrogens (tertiary/aromatic N) is 2. The van der Waals surface area contributed by atoms with Gasteiger partial charge < -0.3 is 15.0 Å². The van der Waals surface area contributed by atoms with E-state index in [1.54, 1.807) is 11.3 Å². The topological polar surface area (TPSA) is 37.4 Å². The minimum Gasteiger partial charge on any atom is -0.378 e. The van der Waals surface area contributed by atoms with Crippen molar-refractivity contribution in [3.8, 4) is 0 Å². The first-order valence-corrected chi connectivity index (χ1v) is 7.37. The molecule has 0 bridgehead atoms. The number of benzene rings is 1. The molecule has 6 heteroatoms. The summed E-state index contributed by atoms with van der Waals surface area (Å²) < 4.78 is 6.65. The van der Waals surface area contributed by atoms with E-state index >= 15 is 0 Å². The maximum Gasteiger partial charge on any atom is 0.183 e. The highest BCUT2D eigenvalue weighted by molar-refractivity contribution is 7.22. The zero-order valence-corrected chi connectivity index (χ0v) is 12.7. The quantitative estimate of drug-likeness (QED) is 0.798. The SMILES string of the molecule is CN(C)CCOCCNc1nc2cc(Cl)ccc2s1. The predicted octanol–water partition coefficient (Wildman–Crippen LogP) is 2.94. The molecule has 0 aliphatic rings. The molecule has 104 valence electrons. The first-order valence-electron chi connectivity index (χ1n) is 6.17. The molecule has 0 saturated heterocycles. The van der Waals surface area contributed by atoms with Gasteiger partial charge in [0.1, 0.15) is 0 Å². The average Bonchev–Trinajstić information content (AvgIpc) is 2.75. The second-order valence-electron chi connectivity index (χ2n) is 4.47. The molecule has 4 nitrogen and oxygen atoms in total. The van der Waals surface area contributed by atoms with E-state index in [1.807, 2.05) is 32.3 Å². The summed E-state index contributed by atoms with van der Waals surface area (Å²) in [6.07, 6.45) is 0. The molecule has 1 heterocycles. The van der Waals surface area contributed by atoms with Crippen LogP contribution in [0.1, 0.15) is 0 Å². The molecule has 0 amide bonds. The van der Waals surface area contributed by atoms with Gasteiger partial charge >= 0.3 is 0 Å². The van der Waals surface area contributed by atoms with Crippen molar-refractivity contribution in [2.24, 2.45) is 0 Å². The summed E-state index contributed by atoms with van der Waals surface area (Å²) in [4.78, 5) is 6.58. The number of thiazole rings is 1. The van der Waals surface area contributed by atoms with Crippen LogP contribution in [-0.2, 0) is 4.74 Å². The number of rotatable bonds is 7. The van der Waals surface area contributed by atoms with Gasteiger partial charge in [0.05, 0.1) is 23.4 Å². The molecule has 19 heavy (non-hydrogen) atoms. The summed E-state index contributed by atoms with van der Waals surface area (Å²) in [5.74, 6) is 0. The molecule has 1 aromatic carbocycles. The third-order valence-corrected chi connectivity index (χ3v) is 3.78. The summed E-state index contributed by atoms with van der Waals surface area (Å²) in [7, 11) is 4.07. The van der Waals surface area contributed by atoms with E-state index in [-0.39, 0.29) is 0 Å². The predicted molar refractivity (Wildman–Crippen MR) is 82.5 cm³/mol. The lowest BCUT2D eigenvalue weighted by molar-refractivity contribution is 0.126. The van der Waals surface area contributed by atoms with Crippen molar-refractivity contribution in [2.45, 2.75) is 0 Å². The van der Waals surface area contributed by atoms with Crippen molar-refractivity contribution < 1.29 is 4.74 Å². The molecule has 0 unspecified atom stereocenters. The third-order valence-electron chi connectivity index (χ3n) is 2.56. The summed E-state index contributed by atoms with van der Waals surface area (Å²) >= 11 is 7.57. The number of hydrogen-bond donors (Lipinski definition) is 1. The van der Waals surface area contributed by atoms with Crippen molar-refractivity contribution in [1.29, 1.82) is 0 Å². The maximum absolute atomic E-state index is 5.94. The van der Waals surface area contributed by atoms with Crippen LogP contribution in [0, 0.1) is 0 Å². The van der Waals surface area contributed by atoms with Gasteiger partial charge in [-0.15, -0.1) is 0 Å². The molecule has 0 spiro atoms. The second-order valence-corrected chi connectivity index (χ2v) is 5.94. The van der Waals surface area contributed by atoms with Crippen LogP contribution in [0.3, 0.4) is 0 Å². The number of nitrogens with one attached hydrogen (secondary N) is 1. The minimum atomic E-state index is 0.685. The lowest BCUT2D eigenvalue weighted by Gasteiger charge is -2.09. The summed E-state index contributed by atoms with van der Waals surface area (Å²) in [6.45, 7) is 3.15. The van der Waals surface area contributed by atoms with Crippen LogP contribution in [0.25, 0.3) is 10.2 Å². The zero-order valence-electron chi connectivity index (χ0n) is 11.1. The molecule has 0 atom stereocenters. The molecule has 1 aromatic heterocycles. The fraction of sp³-hybridized carbons (Fsp3) is 0.462. The number of fused-ring (bicyclic) bond motifs is 1. The normalized spacial score (nSPS) is 11.4. The van der Waals surface area contributed by atoms with E-state index in [4.69, 9.17) is 16.3 Å². The van der Waals surface area contributed by atoms with E-state index in [1.165, 1.54) is 0 Å². The zero-order chi connectivity index (χ0) is 13.7. The van der Waals surface area contributed by atoms with Gasteiger partial charge in [-0.25, -0.2) is 4.98 Å². The van der Waals surface area contributed by atoms with E-state index in [9.17, 15) is 0 Å². The highest BCUT2D eigenvalue weighted by Gasteiger charge is 2.03. The van der Waals surface area contributed by atoms with Crippen LogP contribution in [0.5, 0.6) is 0 Å². The van der Waals surface area contributed by atoms with E-state index < -0.39 is 0 Å². The monoisotopic (exact) mass is 299 g/mol. The molecule has 0 aliphatic heterocycles. The van der Waals surface area contributed by atoms with Gasteiger partial charge in [0.2, 0.25) is 0 Å². The Morgan fingerprint density at radius 2 is 2.21 bits per heavy atom. The van der Waals surface area contributed by atoms with Crippen LogP contribution in [0.2, 0.25) is 5.02 Å². The number of ether oxygens (including phenoxy) is 1. The fourth-order valence-corrected chi connectivity index (χ4v) is 2.59. The smallest absolute Gasteiger partial charge is 0.183 e. The standard InChI is InChI=1S/C13H18ClN3OS/c1-17(2)6-8-18-7-5-15-13-16-11-9-10(14)3-4-12(11)19-13/h3-4,9H,5-8H2,1-2H3,(H,15,16). The van der Waals surface area contributed by atoms with Gasteiger partial charge in [0.25, 0.3) is 0 Å². The van der Waals surface area contributed by atoms with Crippen LogP contribution in [0.4, 0.5) is 5.13 Å². The Morgan fingerprint density at radius 1 is 1.37 bits per heavy atom. The Labute approximate surface area is 122 Å². The van der Waals surface area contributed by atoms with Crippen LogP contribution in [0.15, 0.2) is 18.2 Å². The molecule has 0 fully saturated rings. The first kappa shape index (κ1) is 14.5. The van der Waals surface area contributed by atoms with E-state index in [0.29, 0.717) is 6.61 Å². The molecule has 0 aliphatic carbocycles. The second kappa shape index (κ2) is 7.05. The molecular weight excluding hydrogens is 282 g/mol. The minimum absolute atomic E-state index is 0.685. The summed E-state index contributed by atoms with van der Waals surface area (Å²) in [5, 5.41) is 4.90. The van der Waals surface area contributed by atoms with Crippen LogP contribution < -0.4 is 5.32 Å². The van der Waals surface area contributed by atoms with Gasteiger partial charge in [0, 0.05) is 18.1 Å². The largest absolute Gasteiger partial charge is 0.378 e. The summed E-state index contributed by atoms with van der Waals surface area (Å²) in [5.41, 5.74) is 0.938. The third kappa shape index (κ3) is 4.62. The highest BCUT2D eigenvalue weighted by atomic mass is 35.5. The number of halogens is 1. The van der Waals surface area contributed by atoms with Gasteiger partial charge in [-0.1, -0.05) is 22.9 Å². The number of anilines is 1. The van der Waals surface area contributed by atoms with E-state index in [0.717, 1.165) is 40.1 Å². The molecular formula is C13H18ClN3OS. The molecule has 0 radical (unpaired) electrons. The van der Waals surface area contributed by atoms with Crippen molar-refractivity contribution in [1.82, 2.24) is 9.88 Å². The molecule has 0 saturated carbocycles. The maximum atomic E-state index is 5.94. The average molecular weight is 300 g/mol. The lowest BCUT2D eigenvalue weighted by atomic mass is 10.3. The fourth-order valence-electron chi connectivity index (χ4n) is 1.56. The highest BCUT2D eigenvalue weighted by Crippen LogP contribution is 2.27. The molecule has 1 N–H and O–H groups in total. The van der Waals surface area contributed by atoms with Gasteiger partial charge in [-0.05, 0) is 32.3 Å². The van der Waals surface area contributed by atoms with Gasteiger partial charge in [-0.3, -0.25) is 0 Å². The van der Waals surface area contributed by atoms with Gasteiger partial charge in [0.15, 0.2) is 5.13 Å². The Balaban J connectivity index is 1.75. The Hall–Kier alpha value is -0.880. The van der Waals surface area contributed by atoms with Gasteiger partial charge in [-0.2, -0.15) is 0 Å². The van der Waals surface area contributed by atoms with Crippen molar-refractivity contribution in [2.75, 3.05) is 45.7 Å². The Morgan fingerprint density at radius 3 is 3.00 bits per heavy atom. The van der Waals surface area contributed by atoms with E-state index in [2.05, 4.69) is 15.2 Å². The Kier molecular flexibility index (Phi) is 5.39. The van der Waals surface area contributed by atoms with Crippen molar-refractivity contribution in [3.63, 3.8) is 0 Å². The number of hydrogen-bond acceptors (Lipinski definition) is 5. The molecule has 2 aromatic rings.